The molecule has 0 saturated carbocycles. The molecule has 0 aromatic heterocycles. The Balaban J connectivity index is 2.27. The van der Waals surface area contributed by atoms with Crippen LogP contribution in [0.1, 0.15) is 37.8 Å². The van der Waals surface area contributed by atoms with Crippen LogP contribution in [0.3, 0.4) is 0 Å². The van der Waals surface area contributed by atoms with Crippen molar-refractivity contribution in [3.05, 3.63) is 65.7 Å². The molecule has 7 N–H and O–H groups in total. The second-order valence-corrected chi connectivity index (χ2v) is 10.8. The summed E-state index contributed by atoms with van der Waals surface area (Å²) in [4.78, 5) is 51.6. The van der Waals surface area contributed by atoms with Crippen molar-refractivity contribution in [2.75, 3.05) is 12.0 Å². The monoisotopic (exact) mass is 572 g/mol. The maximum Gasteiger partial charge on any atom is 0.326 e. The van der Waals surface area contributed by atoms with Crippen molar-refractivity contribution in [1.82, 2.24) is 16.0 Å². The molecule has 0 radical (unpaired) electrons. The molecule has 0 fully saturated rings. The van der Waals surface area contributed by atoms with E-state index in [2.05, 4.69) is 16.0 Å². The number of hydrogen-bond donors (Lipinski definition) is 6. The zero-order valence-corrected chi connectivity index (χ0v) is 23.9. The summed E-state index contributed by atoms with van der Waals surface area (Å²) < 4.78 is 0. The normalized spacial score (nSPS) is 14.7. The maximum atomic E-state index is 13.5. The first-order valence-electron chi connectivity index (χ1n) is 13.3. The molecule has 0 aliphatic heterocycles. The van der Waals surface area contributed by atoms with Gasteiger partial charge in [0.25, 0.3) is 0 Å². The fraction of sp³-hybridized carbons (Fsp3) is 0.448. The Labute approximate surface area is 239 Å². The van der Waals surface area contributed by atoms with E-state index < -0.39 is 47.9 Å². The molecule has 5 atom stereocenters. The van der Waals surface area contributed by atoms with Crippen molar-refractivity contribution in [3.8, 4) is 5.75 Å². The number of carboxylic acids is 1. The summed E-state index contributed by atoms with van der Waals surface area (Å²) >= 11 is 1.56. The van der Waals surface area contributed by atoms with Crippen LogP contribution in [0.5, 0.6) is 5.75 Å². The number of amides is 3. The standard InChI is InChI=1S/C29H40N4O6S/c1-4-18(2)25(33-26(35)22(30)14-15-40-3)28(37)31-23(16-20-10-12-21(34)13-11-20)27(36)32-24(29(38)39)17-19-8-6-5-7-9-19/h5-13,18,22-25,34H,4,14-17,30H2,1-3H3,(H,31,37)(H,32,36)(H,33,35)(H,38,39). The molecular weight excluding hydrogens is 532 g/mol. The van der Waals surface area contributed by atoms with Crippen LogP contribution in [0, 0.1) is 5.92 Å². The molecule has 0 aliphatic carbocycles. The number of phenols is 1. The van der Waals surface area contributed by atoms with Gasteiger partial charge in [-0.1, -0.05) is 62.7 Å². The number of carboxylic acid groups (broad SMARTS) is 1. The Kier molecular flexibility index (Phi) is 13.5. The first-order valence-corrected chi connectivity index (χ1v) is 14.6. The number of hydrogen-bond acceptors (Lipinski definition) is 7. The van der Waals surface area contributed by atoms with E-state index in [1.807, 2.05) is 26.2 Å². The van der Waals surface area contributed by atoms with Gasteiger partial charge in [-0.25, -0.2) is 4.79 Å². The highest BCUT2D eigenvalue weighted by atomic mass is 32.2. The zero-order chi connectivity index (χ0) is 29.7. The molecule has 0 heterocycles. The molecular formula is C29H40N4O6S. The van der Waals surface area contributed by atoms with Gasteiger partial charge >= 0.3 is 5.97 Å². The number of thioether (sulfide) groups is 1. The first-order chi connectivity index (χ1) is 19.0. The fourth-order valence-electron chi connectivity index (χ4n) is 4.00. The fourth-order valence-corrected chi connectivity index (χ4v) is 4.49. The number of nitrogens with one attached hydrogen (secondary N) is 3. The summed E-state index contributed by atoms with van der Waals surface area (Å²) in [6.07, 6.45) is 3.02. The largest absolute Gasteiger partial charge is 0.508 e. The molecule has 2 rings (SSSR count). The minimum absolute atomic E-state index is 0.0317. The smallest absolute Gasteiger partial charge is 0.326 e. The number of aromatic hydroxyl groups is 1. The molecule has 0 spiro atoms. The molecule has 3 amide bonds. The molecule has 5 unspecified atom stereocenters. The van der Waals surface area contributed by atoms with Crippen LogP contribution < -0.4 is 21.7 Å². The Morgan fingerprint density at radius 3 is 2.00 bits per heavy atom. The average molecular weight is 573 g/mol. The number of rotatable bonds is 16. The quantitative estimate of drug-likeness (QED) is 0.177. The van der Waals surface area contributed by atoms with Crippen LogP contribution in [0.4, 0.5) is 0 Å². The van der Waals surface area contributed by atoms with E-state index in [0.717, 1.165) is 5.56 Å². The van der Waals surface area contributed by atoms with E-state index in [1.165, 1.54) is 12.1 Å². The van der Waals surface area contributed by atoms with Gasteiger partial charge in [-0.2, -0.15) is 11.8 Å². The number of carbonyl (C=O) groups is 4. The number of aliphatic carboxylic acids is 1. The van der Waals surface area contributed by atoms with Crippen LogP contribution in [0.2, 0.25) is 0 Å². The second-order valence-electron chi connectivity index (χ2n) is 9.78. The number of nitrogens with two attached hydrogens (primary N) is 1. The van der Waals surface area contributed by atoms with Gasteiger partial charge in [0.2, 0.25) is 17.7 Å². The van der Waals surface area contributed by atoms with Crippen LogP contribution in [0.25, 0.3) is 0 Å². The summed E-state index contributed by atoms with van der Waals surface area (Å²) in [7, 11) is 0. The van der Waals surface area contributed by atoms with Crippen molar-refractivity contribution in [1.29, 1.82) is 0 Å². The Morgan fingerprint density at radius 1 is 0.850 bits per heavy atom. The van der Waals surface area contributed by atoms with Gasteiger partial charge in [-0.05, 0) is 47.6 Å². The van der Waals surface area contributed by atoms with E-state index >= 15 is 0 Å². The molecule has 0 saturated heterocycles. The van der Waals surface area contributed by atoms with Gasteiger partial charge < -0.3 is 31.9 Å². The van der Waals surface area contributed by atoms with Gasteiger partial charge in [0, 0.05) is 12.8 Å². The van der Waals surface area contributed by atoms with Crippen LogP contribution in [-0.4, -0.2) is 70.1 Å². The van der Waals surface area contributed by atoms with Gasteiger partial charge in [0.1, 0.15) is 23.9 Å². The average Bonchev–Trinajstić information content (AvgIpc) is 2.94. The number of carbonyl (C=O) groups excluding carboxylic acids is 3. The van der Waals surface area contributed by atoms with E-state index in [9.17, 15) is 29.4 Å². The zero-order valence-electron chi connectivity index (χ0n) is 23.1. The van der Waals surface area contributed by atoms with Crippen molar-refractivity contribution in [3.63, 3.8) is 0 Å². The number of phenolic OH excluding ortho intramolecular Hbond substituents is 1. The third-order valence-corrected chi connectivity index (χ3v) is 7.31. The summed E-state index contributed by atoms with van der Waals surface area (Å²) in [6, 6.07) is 10.9. The summed E-state index contributed by atoms with van der Waals surface area (Å²) in [5.41, 5.74) is 7.37. The third kappa shape index (κ3) is 10.5. The third-order valence-electron chi connectivity index (χ3n) is 6.67. The Bertz CT molecular complexity index is 1120. The van der Waals surface area contributed by atoms with Crippen LogP contribution >= 0.6 is 11.8 Å². The van der Waals surface area contributed by atoms with Crippen molar-refractivity contribution >= 4 is 35.5 Å². The number of benzene rings is 2. The molecule has 10 nitrogen and oxygen atoms in total. The van der Waals surface area contributed by atoms with E-state index in [-0.39, 0.29) is 24.5 Å². The molecule has 2 aromatic rings. The lowest BCUT2D eigenvalue weighted by Crippen LogP contribution is -2.59. The Morgan fingerprint density at radius 2 is 1.43 bits per heavy atom. The van der Waals surface area contributed by atoms with Gasteiger partial charge in [-0.15, -0.1) is 0 Å². The molecule has 2 aromatic carbocycles. The van der Waals surface area contributed by atoms with Gasteiger partial charge in [-0.3, -0.25) is 14.4 Å². The highest BCUT2D eigenvalue weighted by Gasteiger charge is 2.32. The van der Waals surface area contributed by atoms with Crippen LogP contribution in [0.15, 0.2) is 54.6 Å². The van der Waals surface area contributed by atoms with Crippen molar-refractivity contribution in [2.24, 2.45) is 11.7 Å². The highest BCUT2D eigenvalue weighted by molar-refractivity contribution is 7.98. The SMILES string of the molecule is CCC(C)C(NC(=O)C(N)CCSC)C(=O)NC(Cc1ccc(O)cc1)C(=O)NC(Cc1ccccc1)C(=O)O. The summed E-state index contributed by atoms with van der Waals surface area (Å²) in [5.74, 6) is -2.46. The lowest BCUT2D eigenvalue weighted by molar-refractivity contribution is -0.142. The first kappa shape index (κ1) is 32.6. The summed E-state index contributed by atoms with van der Waals surface area (Å²) in [5, 5.41) is 27.4. The molecule has 0 bridgehead atoms. The maximum absolute atomic E-state index is 13.5. The van der Waals surface area contributed by atoms with E-state index in [1.54, 1.807) is 48.2 Å². The predicted molar refractivity (Wildman–Crippen MR) is 156 cm³/mol. The lowest BCUT2D eigenvalue weighted by atomic mass is 9.96. The van der Waals surface area contributed by atoms with E-state index in [0.29, 0.717) is 24.2 Å². The van der Waals surface area contributed by atoms with E-state index in [4.69, 9.17) is 5.73 Å². The molecule has 40 heavy (non-hydrogen) atoms. The minimum atomic E-state index is -1.23. The van der Waals surface area contributed by atoms with Crippen molar-refractivity contribution < 1.29 is 29.4 Å². The predicted octanol–water partition coefficient (Wildman–Crippen LogP) is 1.84. The highest BCUT2D eigenvalue weighted by Crippen LogP contribution is 2.14. The minimum Gasteiger partial charge on any atom is -0.508 e. The van der Waals surface area contributed by atoms with Gasteiger partial charge in [0.15, 0.2) is 0 Å². The lowest BCUT2D eigenvalue weighted by Gasteiger charge is -2.28. The van der Waals surface area contributed by atoms with Crippen LogP contribution in [-0.2, 0) is 32.0 Å². The topological polar surface area (TPSA) is 171 Å². The molecule has 11 heteroatoms. The molecule has 0 aliphatic rings. The summed E-state index contributed by atoms with van der Waals surface area (Å²) in [6.45, 7) is 3.69. The Hall–Kier alpha value is -3.57. The van der Waals surface area contributed by atoms with Gasteiger partial charge in [0.05, 0.1) is 6.04 Å². The van der Waals surface area contributed by atoms with Crippen molar-refractivity contribution in [2.45, 2.75) is 63.7 Å². The second kappa shape index (κ2) is 16.5. The molecule has 218 valence electrons.